The number of rotatable bonds is 13. The summed E-state index contributed by atoms with van der Waals surface area (Å²) in [7, 11) is 0. The Labute approximate surface area is 234 Å². The van der Waals surface area contributed by atoms with Gasteiger partial charge in [-0.2, -0.15) is 0 Å². The van der Waals surface area contributed by atoms with Gasteiger partial charge < -0.3 is 20.1 Å². The number of aromatic carboxylic acids is 1. The van der Waals surface area contributed by atoms with Gasteiger partial charge in [0.1, 0.15) is 6.61 Å². The van der Waals surface area contributed by atoms with Crippen molar-refractivity contribution in [2.45, 2.75) is 47.5 Å². The van der Waals surface area contributed by atoms with E-state index in [1.165, 1.54) is 17.7 Å². The lowest BCUT2D eigenvalue weighted by Gasteiger charge is -2.35. The van der Waals surface area contributed by atoms with E-state index < -0.39 is 5.97 Å². The summed E-state index contributed by atoms with van der Waals surface area (Å²) in [4.78, 5) is 25.8. The summed E-state index contributed by atoms with van der Waals surface area (Å²) >= 11 is 0. The van der Waals surface area contributed by atoms with Crippen LogP contribution in [0, 0.1) is 5.41 Å². The summed E-state index contributed by atoms with van der Waals surface area (Å²) in [5.41, 5.74) is 6.17. The number of ether oxygens (including phenoxy) is 1. The maximum Gasteiger partial charge on any atom is 0.335 e. The van der Waals surface area contributed by atoms with Crippen LogP contribution < -0.4 is 10.2 Å². The molecule has 39 heavy (non-hydrogen) atoms. The Bertz CT molecular complexity index is 1170. The number of nitrogens with one attached hydrogen (secondary N) is 1. The Hall–Kier alpha value is -3.48. The number of anilines is 1. The first-order valence-electron chi connectivity index (χ1n) is 13.5. The standard InChI is InChI=1S/C33H44N2O4/c1-8-11-12-27(9-2)31(24(4)5)26(7)19-25(6)20-34-18-17-33(10-3)22-35(30(36)21-39-23-33)29-15-13-28(14-16-29)32(37)38/h8-9,11-16,19,34H,2,4,10,17-18,20-23H2,1,3,5-7H3,(H,37,38)/b11-8+,25-19+,27-12+,31-26+. The first-order chi connectivity index (χ1) is 18.6. The quantitative estimate of drug-likeness (QED) is 0.220. The predicted molar refractivity (Wildman–Crippen MR) is 161 cm³/mol. The van der Waals surface area contributed by atoms with Crippen molar-refractivity contribution < 1.29 is 19.4 Å². The molecule has 1 aliphatic rings. The Morgan fingerprint density at radius 3 is 2.49 bits per heavy atom. The van der Waals surface area contributed by atoms with Crippen molar-refractivity contribution in [2.24, 2.45) is 5.41 Å². The number of hydrogen-bond donors (Lipinski definition) is 2. The van der Waals surface area contributed by atoms with Crippen LogP contribution in [0.15, 0.2) is 95.7 Å². The van der Waals surface area contributed by atoms with Crippen LogP contribution in [0.3, 0.4) is 0 Å². The second-order valence-electron chi connectivity index (χ2n) is 10.3. The van der Waals surface area contributed by atoms with Gasteiger partial charge in [-0.3, -0.25) is 4.79 Å². The lowest BCUT2D eigenvalue weighted by Crippen LogP contribution is -2.42. The molecule has 6 nitrogen and oxygen atoms in total. The molecule has 1 aliphatic heterocycles. The summed E-state index contributed by atoms with van der Waals surface area (Å²) in [5, 5.41) is 12.8. The molecule has 1 aromatic carbocycles. The van der Waals surface area contributed by atoms with E-state index in [4.69, 9.17) is 4.74 Å². The average molecular weight is 533 g/mol. The molecule has 0 bridgehead atoms. The smallest absolute Gasteiger partial charge is 0.335 e. The Morgan fingerprint density at radius 2 is 1.92 bits per heavy atom. The molecule has 0 saturated carbocycles. The van der Waals surface area contributed by atoms with Crippen molar-refractivity contribution in [3.63, 3.8) is 0 Å². The third kappa shape index (κ3) is 9.05. The molecule has 1 heterocycles. The van der Waals surface area contributed by atoms with Gasteiger partial charge in [0.2, 0.25) is 0 Å². The monoisotopic (exact) mass is 532 g/mol. The van der Waals surface area contributed by atoms with Gasteiger partial charge in [0, 0.05) is 24.2 Å². The summed E-state index contributed by atoms with van der Waals surface area (Å²) in [5.74, 6) is -1.10. The molecule has 1 aromatic rings. The van der Waals surface area contributed by atoms with Gasteiger partial charge in [-0.05, 0) is 88.1 Å². The van der Waals surface area contributed by atoms with Crippen molar-refractivity contribution in [3.8, 4) is 0 Å². The summed E-state index contributed by atoms with van der Waals surface area (Å²) in [6, 6.07) is 6.45. The first-order valence-corrected chi connectivity index (χ1v) is 13.5. The Balaban J connectivity index is 2.11. The molecular weight excluding hydrogens is 488 g/mol. The van der Waals surface area contributed by atoms with E-state index in [2.05, 4.69) is 51.4 Å². The Kier molecular flexibility index (Phi) is 12.4. The molecule has 0 radical (unpaired) electrons. The zero-order valence-electron chi connectivity index (χ0n) is 24.2. The van der Waals surface area contributed by atoms with Gasteiger partial charge in [0.25, 0.3) is 5.91 Å². The molecule has 1 amide bonds. The minimum atomic E-state index is -0.988. The number of nitrogens with zero attached hydrogens (tertiary/aromatic N) is 1. The van der Waals surface area contributed by atoms with Gasteiger partial charge in [-0.1, -0.05) is 61.6 Å². The maximum atomic E-state index is 12.8. The zero-order valence-corrected chi connectivity index (χ0v) is 24.2. The van der Waals surface area contributed by atoms with Crippen LogP contribution in [-0.4, -0.2) is 49.8 Å². The highest BCUT2D eigenvalue weighted by Gasteiger charge is 2.36. The van der Waals surface area contributed by atoms with E-state index in [0.29, 0.717) is 18.8 Å². The molecule has 1 fully saturated rings. The van der Waals surface area contributed by atoms with Crippen LogP contribution in [0.2, 0.25) is 0 Å². The Morgan fingerprint density at radius 1 is 1.23 bits per heavy atom. The van der Waals surface area contributed by atoms with E-state index in [0.717, 1.165) is 48.2 Å². The number of carbonyl (C=O) groups excluding carboxylic acids is 1. The van der Waals surface area contributed by atoms with E-state index in [1.807, 2.05) is 32.1 Å². The zero-order chi connectivity index (χ0) is 29.0. The molecule has 1 unspecified atom stereocenters. The summed E-state index contributed by atoms with van der Waals surface area (Å²) in [6.45, 7) is 21.1. The van der Waals surface area contributed by atoms with Crippen molar-refractivity contribution in [3.05, 3.63) is 101 Å². The molecule has 2 rings (SSSR count). The van der Waals surface area contributed by atoms with Gasteiger partial charge in [0.05, 0.1) is 12.2 Å². The SMILES string of the molecule is C=CC(=C\C=C\C)/C(C(=C)C)=C(C)/C=C(\C)CNCCC1(CC)COCC(=O)N(c2ccc(C(=O)O)cc2)C1. The summed E-state index contributed by atoms with van der Waals surface area (Å²) in [6.07, 6.45) is 11.8. The topological polar surface area (TPSA) is 78.9 Å². The highest BCUT2D eigenvalue weighted by Crippen LogP contribution is 2.33. The third-order valence-electron chi connectivity index (χ3n) is 7.10. The first kappa shape index (κ1) is 31.7. The van der Waals surface area contributed by atoms with Crippen LogP contribution >= 0.6 is 0 Å². The minimum Gasteiger partial charge on any atom is -0.478 e. The van der Waals surface area contributed by atoms with E-state index in [-0.39, 0.29) is 23.5 Å². The molecule has 0 spiro atoms. The molecular formula is C33H44N2O4. The van der Waals surface area contributed by atoms with Crippen LogP contribution in [0.25, 0.3) is 0 Å². The molecule has 210 valence electrons. The molecule has 1 atom stereocenters. The number of amides is 1. The fourth-order valence-electron chi connectivity index (χ4n) is 4.86. The number of carboxylic acid groups (broad SMARTS) is 1. The van der Waals surface area contributed by atoms with Crippen LogP contribution in [0.1, 0.15) is 57.8 Å². The van der Waals surface area contributed by atoms with Crippen molar-refractivity contribution >= 4 is 17.6 Å². The predicted octanol–water partition coefficient (Wildman–Crippen LogP) is 6.65. The highest BCUT2D eigenvalue weighted by atomic mass is 16.5. The van der Waals surface area contributed by atoms with Crippen molar-refractivity contribution in [2.75, 3.05) is 37.7 Å². The maximum absolute atomic E-state index is 12.8. The van der Waals surface area contributed by atoms with Gasteiger partial charge in [-0.15, -0.1) is 0 Å². The molecule has 6 heteroatoms. The molecule has 2 N–H and O–H groups in total. The lowest BCUT2D eigenvalue weighted by molar-refractivity contribution is -0.122. The molecule has 0 aromatic heterocycles. The second-order valence-corrected chi connectivity index (χ2v) is 10.3. The largest absolute Gasteiger partial charge is 0.478 e. The fourth-order valence-corrected chi connectivity index (χ4v) is 4.86. The van der Waals surface area contributed by atoms with Gasteiger partial charge in [-0.25, -0.2) is 4.79 Å². The van der Waals surface area contributed by atoms with Gasteiger partial charge >= 0.3 is 5.97 Å². The van der Waals surface area contributed by atoms with Crippen molar-refractivity contribution in [1.82, 2.24) is 5.32 Å². The van der Waals surface area contributed by atoms with Crippen LogP contribution in [0.4, 0.5) is 5.69 Å². The molecule has 1 saturated heterocycles. The van der Waals surface area contributed by atoms with Crippen LogP contribution in [0.5, 0.6) is 0 Å². The van der Waals surface area contributed by atoms with E-state index >= 15 is 0 Å². The summed E-state index contributed by atoms with van der Waals surface area (Å²) < 4.78 is 5.81. The number of hydrogen-bond acceptors (Lipinski definition) is 4. The minimum absolute atomic E-state index is 0.0174. The number of allylic oxidation sites excluding steroid dienone is 9. The lowest BCUT2D eigenvalue weighted by atomic mass is 9.81. The van der Waals surface area contributed by atoms with Crippen molar-refractivity contribution in [1.29, 1.82) is 0 Å². The van der Waals surface area contributed by atoms with E-state index in [1.54, 1.807) is 17.0 Å². The number of benzene rings is 1. The second kappa shape index (κ2) is 15.2. The number of carbonyl (C=O) groups is 2. The average Bonchev–Trinajstić information content (AvgIpc) is 3.07. The fraction of sp³-hybridized carbons (Fsp3) is 0.394. The van der Waals surface area contributed by atoms with Crippen LogP contribution in [-0.2, 0) is 9.53 Å². The third-order valence-corrected chi connectivity index (χ3v) is 7.10. The van der Waals surface area contributed by atoms with Gasteiger partial charge in [0.15, 0.2) is 0 Å². The van der Waals surface area contributed by atoms with E-state index in [9.17, 15) is 14.7 Å². The molecule has 0 aliphatic carbocycles. The highest BCUT2D eigenvalue weighted by molar-refractivity contribution is 5.95. The number of carboxylic acids is 1. The normalized spacial score (nSPS) is 19.6.